The Morgan fingerprint density at radius 2 is 0.759 bits per heavy atom. The Balaban J connectivity index is 0.000000129. The van der Waals surface area contributed by atoms with Gasteiger partial charge in [-0.3, -0.25) is 19.2 Å². The molecule has 1 unspecified atom stereocenters. The Hall–Kier alpha value is -9.31. The van der Waals surface area contributed by atoms with Crippen molar-refractivity contribution in [3.63, 3.8) is 0 Å². The first kappa shape index (κ1) is 106. The first-order chi connectivity index (χ1) is 67.2. The number of hydrogen-bond donors (Lipinski definition) is 3. The molecule has 0 fully saturated rings. The Kier molecular flexibility index (Phi) is 35.8. The average molecular weight is 2180 g/mol. The maximum atomic E-state index is 12.1. The van der Waals surface area contributed by atoms with Crippen molar-refractivity contribution in [3.05, 3.63) is 343 Å². The Bertz CT molecular complexity index is 7340. The predicted molar refractivity (Wildman–Crippen MR) is 586 cm³/mol. The fraction of sp³-hybridized carbons (Fsp3) is 0.132. The molecule has 35 heteroatoms. The summed E-state index contributed by atoms with van der Waals surface area (Å²) in [6.45, 7) is 7.26. The minimum Gasteiger partial charge on any atom is -1.00 e. The van der Waals surface area contributed by atoms with Crippen molar-refractivity contribution < 1.29 is 58.1 Å². The smallest absolute Gasteiger partial charge is 1.00 e. The average Bonchev–Trinajstić information content (AvgIpc) is 0.948. The SMILES string of the molecule is C=CC#N.CS(=O)(=O)Cl.Clc1ccc2c(c1)Nc1ccccc1S2.N#CCCN1c2ccccc2Sc2ccc(Cl)cc21.O=C(O)CCN1c2ccccc2Sc2ccc(Cl)cc21.O=C1CCN2c3cc(Cl)ccc3Sc3cccc1c32.O=C1CCN2c3ccccc3Sc3ccc(Cl)c1c32.O=C1CCN2c3ccccc3Sc3ccc(Cl)c1c32.OC1CCN2c3ccccc3Sc3ccc(Cl)c1c32.[AlH3].[H-].[Li+]. The Morgan fingerprint density at radius 1 is 0.426 bits per heavy atom. The number of carbonyl (C=O) groups is 4. The Labute approximate surface area is 911 Å². The van der Waals surface area contributed by atoms with Gasteiger partial charge in [0.25, 0.3) is 0 Å². The minimum absolute atomic E-state index is 0. The van der Waals surface area contributed by atoms with Crippen LogP contribution in [0.3, 0.4) is 0 Å². The van der Waals surface area contributed by atoms with Gasteiger partial charge in [0.2, 0.25) is 9.05 Å². The van der Waals surface area contributed by atoms with Crippen LogP contribution in [0.25, 0.3) is 0 Å². The van der Waals surface area contributed by atoms with Crippen LogP contribution in [0.4, 0.5) is 79.6 Å². The van der Waals surface area contributed by atoms with Crippen molar-refractivity contribution in [3.8, 4) is 12.1 Å². The maximum absolute atomic E-state index is 12.1. The second-order valence-electron chi connectivity index (χ2n) is 31.9. The maximum Gasteiger partial charge on any atom is 1.00 e. The molecule has 14 aromatic carbocycles. The molecule has 0 saturated heterocycles. The number of anilines is 14. The molecule has 17 nitrogen and oxygen atoms in total. The van der Waals surface area contributed by atoms with Crippen LogP contribution in [0.2, 0.25) is 35.2 Å². The number of ketones is 3. The van der Waals surface area contributed by atoms with Crippen LogP contribution in [0.15, 0.2) is 354 Å². The van der Waals surface area contributed by atoms with Gasteiger partial charge in [-0.1, -0.05) is 249 Å². The first-order valence-corrected chi connectivity index (χ1v) is 54.5. The molecular formula is C106H83AlCl8LiN9O8S8. The predicted octanol–water partition coefficient (Wildman–Crippen LogP) is 28.6. The summed E-state index contributed by atoms with van der Waals surface area (Å²) >= 11 is 55.1. The zero-order valence-electron chi connectivity index (χ0n) is 75.5. The number of allylic oxidation sites excluding steroid dienone is 1. The molecular weight excluding hydrogens is 2100 g/mol. The van der Waals surface area contributed by atoms with Gasteiger partial charge in [-0.2, -0.15) is 10.5 Å². The molecule has 11 aliphatic rings. The molecule has 0 aliphatic carbocycles. The molecule has 141 heavy (non-hydrogen) atoms. The van der Waals surface area contributed by atoms with E-state index in [1.807, 2.05) is 193 Å². The van der Waals surface area contributed by atoms with Crippen LogP contribution in [0.1, 0.15) is 82.7 Å². The van der Waals surface area contributed by atoms with Gasteiger partial charge in [-0.25, -0.2) is 8.42 Å². The van der Waals surface area contributed by atoms with Crippen LogP contribution in [0, 0.1) is 22.7 Å². The Morgan fingerprint density at radius 3 is 1.23 bits per heavy atom. The molecule has 11 aliphatic heterocycles. The number of aliphatic hydroxyl groups excluding tert-OH is 1. The number of aliphatic hydroxyl groups is 1. The second-order valence-corrected chi connectivity index (χ2v) is 45.5. The fourth-order valence-corrected chi connectivity index (χ4v) is 26.2. The summed E-state index contributed by atoms with van der Waals surface area (Å²) in [6, 6.07) is 94.5. The normalized spacial score (nSPS) is 14.5. The number of carbonyl (C=O) groups excluding carboxylic acids is 3. The van der Waals surface area contributed by atoms with Crippen molar-refractivity contribution in [2.24, 2.45) is 0 Å². The summed E-state index contributed by atoms with van der Waals surface area (Å²) in [5.41, 5.74) is 18.4. The summed E-state index contributed by atoms with van der Waals surface area (Å²) in [7, 11) is 1.31. The molecule has 0 radical (unpaired) electrons. The second kappa shape index (κ2) is 47.7. The van der Waals surface area contributed by atoms with E-state index >= 15 is 0 Å². The number of rotatable bonds is 5. The molecule has 0 amide bonds. The summed E-state index contributed by atoms with van der Waals surface area (Å²) in [6.07, 6.45) is 4.56. The van der Waals surface area contributed by atoms with E-state index in [1.54, 1.807) is 88.4 Å². The molecule has 25 rings (SSSR count). The van der Waals surface area contributed by atoms with Gasteiger partial charge >= 0.3 is 24.8 Å². The summed E-state index contributed by atoms with van der Waals surface area (Å²) in [4.78, 5) is 77.0. The van der Waals surface area contributed by atoms with E-state index in [0.29, 0.717) is 70.0 Å². The zero-order valence-corrected chi connectivity index (χ0v) is 87.1. The largest absolute Gasteiger partial charge is 1.00 e. The number of nitrogens with one attached hydrogen (secondary N) is 1. The van der Waals surface area contributed by atoms with Crippen LogP contribution in [0.5, 0.6) is 0 Å². The van der Waals surface area contributed by atoms with E-state index in [4.69, 9.17) is 96.8 Å². The number of hydrogen-bond acceptors (Lipinski definition) is 23. The molecule has 0 bridgehead atoms. The molecule has 0 spiro atoms. The van der Waals surface area contributed by atoms with Crippen molar-refractivity contribution in [2.45, 2.75) is 113 Å². The van der Waals surface area contributed by atoms with E-state index in [9.17, 15) is 32.7 Å². The van der Waals surface area contributed by atoms with E-state index in [2.05, 4.69) is 138 Å². The number of aliphatic carboxylic acids is 1. The van der Waals surface area contributed by atoms with E-state index < -0.39 is 21.1 Å². The van der Waals surface area contributed by atoms with Gasteiger partial charge in [0.15, 0.2) is 34.7 Å². The number of Topliss-reactive ketones (excluding diaryl/α,β-unsaturated/α-hetero) is 3. The zero-order chi connectivity index (χ0) is 97.5. The third-order valence-corrected chi connectivity index (χ3v) is 32.8. The molecule has 14 aromatic rings. The molecule has 708 valence electrons. The van der Waals surface area contributed by atoms with E-state index in [1.165, 1.54) is 67.2 Å². The quantitative estimate of drug-likeness (QED) is 0.0828. The monoisotopic (exact) mass is 2180 g/mol. The van der Waals surface area contributed by atoms with Crippen molar-refractivity contribution in [1.29, 1.82) is 10.5 Å². The number of fused-ring (bicyclic) bond motifs is 14. The van der Waals surface area contributed by atoms with Crippen molar-refractivity contribution >= 4 is 304 Å². The van der Waals surface area contributed by atoms with Gasteiger partial charge < -0.3 is 46.4 Å². The standard InChI is InChI=1S/C15H11ClN2S.C15H12ClNO2S.C15H10ClNOS.C15H12ClNOS.2C15H10ClNOS.C12H8ClNS.C3H3N.CH3ClO2S.Al.Li.4H/c16-11-6-7-15-13(10-11)18(9-3-8-17)12-4-1-2-5-14(12)19-15;16-10-5-6-14-12(9-10)17(8-7-15(18)19)11-3-1-2-4-13(11)20-14;16-9-4-5-13-11(8-9)17-7-6-12(18)10-2-1-3-14(19-13)15(10)17;3*16-9-5-6-13-15-14(9)11(18)7-8-17(15)10-3-1-2-4-12(10)19-13;13-8-5-6-12-10(7-8)14-9-3-1-2-4-11(9)15-12;1-2-3-4;1-5(2,3)4;;;;;;/h1-2,4-7,10H,3,9H2;1-6,9H,7-8H2,(H,18,19);1-5,8H,6-7H2;1-6,11,18H,7-8H2;2*1-6H,7-8H2;1-7,14H;2H,1H2;1H3;;;;;;/q;;;;;;;;;;+1;;;;-1. The van der Waals surface area contributed by atoms with Crippen molar-refractivity contribution in [1.82, 2.24) is 0 Å². The number of halogens is 8. The molecule has 0 aromatic heterocycles. The van der Waals surface area contributed by atoms with Crippen LogP contribution in [-0.2, 0) is 13.8 Å². The van der Waals surface area contributed by atoms with E-state index in [0.717, 1.165) is 152 Å². The van der Waals surface area contributed by atoms with Gasteiger partial charge in [-0.05, 0) is 201 Å². The minimum atomic E-state index is -3.19. The fourth-order valence-electron chi connectivity index (χ4n) is 17.1. The van der Waals surface area contributed by atoms with Crippen LogP contribution < -0.4 is 53.6 Å². The number of benzene rings is 14. The third kappa shape index (κ3) is 24.1. The number of nitriles is 2. The summed E-state index contributed by atoms with van der Waals surface area (Å²) in [5.74, 6) is -0.264. The molecule has 11 heterocycles. The molecule has 1 atom stereocenters. The number of carboxylic acids is 1. The third-order valence-electron chi connectivity index (χ3n) is 23.0. The van der Waals surface area contributed by atoms with E-state index in [-0.39, 0.29) is 61.4 Å². The number of para-hydroxylation sites is 7. The van der Waals surface area contributed by atoms with Gasteiger partial charge in [0.1, 0.15) is 0 Å². The molecule has 0 saturated carbocycles. The van der Waals surface area contributed by atoms with Crippen LogP contribution in [-0.4, -0.2) is 105 Å². The van der Waals surface area contributed by atoms with Crippen LogP contribution >= 0.6 is 174 Å². The summed E-state index contributed by atoms with van der Waals surface area (Å²) < 4.78 is 18.8. The number of nitrogens with zero attached hydrogens (tertiary/aromatic N) is 8. The first-order valence-electron chi connectivity index (χ1n) is 43.5. The van der Waals surface area contributed by atoms with Crippen molar-refractivity contribution in [2.75, 3.05) is 80.2 Å². The summed E-state index contributed by atoms with van der Waals surface area (Å²) in [5, 5.41) is 43.6. The van der Waals surface area contributed by atoms with Gasteiger partial charge in [0.05, 0.1) is 138 Å². The number of carboxylic acid groups (broad SMARTS) is 1. The topological polar surface area (TPSA) is 222 Å². The van der Waals surface area contributed by atoms with Gasteiger partial charge in [0, 0.05) is 180 Å². The van der Waals surface area contributed by atoms with Gasteiger partial charge in [-0.15, -0.1) is 0 Å². The molecule has 3 N–H and O–H groups in total.